The van der Waals surface area contributed by atoms with Crippen LogP contribution in [0.25, 0.3) is 10.9 Å². The zero-order valence-electron chi connectivity index (χ0n) is 12.2. The van der Waals surface area contributed by atoms with Crippen molar-refractivity contribution in [2.75, 3.05) is 0 Å². The smallest absolute Gasteiger partial charge is 0.123 e. The topological polar surface area (TPSA) is 12.9 Å². The van der Waals surface area contributed by atoms with E-state index in [1.54, 1.807) is 0 Å². The molecule has 0 saturated heterocycles. The third-order valence-corrected chi connectivity index (χ3v) is 3.66. The molecule has 0 aliphatic heterocycles. The Kier molecular flexibility index (Phi) is 5.24. The number of hydrogen-bond acceptors (Lipinski definition) is 1. The van der Waals surface area contributed by atoms with Crippen molar-refractivity contribution in [3.63, 3.8) is 0 Å². The van der Waals surface area contributed by atoms with Gasteiger partial charge in [0.2, 0.25) is 0 Å². The van der Waals surface area contributed by atoms with Crippen LogP contribution in [0.1, 0.15) is 22.3 Å². The van der Waals surface area contributed by atoms with Gasteiger partial charge in [-0.15, -0.1) is 34.7 Å². The predicted octanol–water partition coefficient (Wildman–Crippen LogP) is 4.38. The molecule has 3 aromatic rings. The van der Waals surface area contributed by atoms with Crippen LogP contribution in [0.2, 0.25) is 0 Å². The van der Waals surface area contributed by atoms with Crippen molar-refractivity contribution in [1.29, 1.82) is 0 Å². The number of rotatable bonds is 2. The number of aromatic nitrogens is 1. The van der Waals surface area contributed by atoms with Crippen LogP contribution in [-0.2, 0) is 39.1 Å². The van der Waals surface area contributed by atoms with E-state index in [2.05, 4.69) is 31.0 Å². The quantitative estimate of drug-likeness (QED) is 0.623. The molecule has 0 fully saturated rings. The molecule has 21 heavy (non-hydrogen) atoms. The Hall–Kier alpha value is -1.12. The van der Waals surface area contributed by atoms with Crippen molar-refractivity contribution in [3.8, 4) is 0 Å². The fourth-order valence-electron chi connectivity index (χ4n) is 2.33. The molecule has 0 bridgehead atoms. The van der Waals surface area contributed by atoms with Crippen molar-refractivity contribution < 1.29 is 37.1 Å². The summed E-state index contributed by atoms with van der Waals surface area (Å²) in [4.78, 5) is 4.55. The predicted molar refractivity (Wildman–Crippen MR) is 79.3 cm³/mol. The maximum atomic E-state index is 12.9. The first-order chi connectivity index (χ1) is 9.63. The standard InChI is InChI=1S/C18H15FN.Y/c1-12-3-6-16-10-15(11-20-18(16)13(12)2)9-14-4-7-17(19)8-5-14;/h3-5,7-8,10-11H,9H2,1-2H3;/q-1;. The number of benzene rings is 2. The van der Waals surface area contributed by atoms with Crippen LogP contribution in [0.15, 0.2) is 42.6 Å². The van der Waals surface area contributed by atoms with Gasteiger partial charge >= 0.3 is 0 Å². The molecule has 1 heterocycles. The number of pyridine rings is 1. The minimum atomic E-state index is -0.204. The first-order valence-electron chi connectivity index (χ1n) is 6.64. The fourth-order valence-corrected chi connectivity index (χ4v) is 2.33. The van der Waals surface area contributed by atoms with Gasteiger partial charge in [-0.1, -0.05) is 31.5 Å². The molecule has 1 nitrogen and oxygen atoms in total. The monoisotopic (exact) mass is 353 g/mol. The van der Waals surface area contributed by atoms with Gasteiger partial charge in [0.15, 0.2) is 0 Å². The van der Waals surface area contributed by atoms with E-state index in [4.69, 9.17) is 0 Å². The molecule has 0 saturated carbocycles. The number of hydrogen-bond donors (Lipinski definition) is 0. The van der Waals surface area contributed by atoms with E-state index in [1.165, 1.54) is 23.3 Å². The Balaban J connectivity index is 0.00000161. The second kappa shape index (κ2) is 6.76. The minimum Gasteiger partial charge on any atom is -0.306 e. The zero-order valence-corrected chi connectivity index (χ0v) is 15.0. The van der Waals surface area contributed by atoms with E-state index in [0.717, 1.165) is 28.5 Å². The maximum absolute atomic E-state index is 12.9. The van der Waals surface area contributed by atoms with Crippen LogP contribution < -0.4 is 0 Å². The molecule has 3 heteroatoms. The molecule has 0 aliphatic carbocycles. The number of nitrogens with zero attached hydrogens (tertiary/aromatic N) is 1. The third-order valence-electron chi connectivity index (χ3n) is 3.66. The molecule has 0 unspecified atom stereocenters. The SMILES string of the molecule is Cc1c[c-]c2cc(Cc3ccc(F)cc3)cnc2c1C.[Y]. The molecule has 0 N–H and O–H groups in total. The summed E-state index contributed by atoms with van der Waals surface area (Å²) in [6.07, 6.45) is 2.65. The Morgan fingerprint density at radius 2 is 1.81 bits per heavy atom. The zero-order chi connectivity index (χ0) is 14.1. The van der Waals surface area contributed by atoms with Gasteiger partial charge in [-0.2, -0.15) is 0 Å². The van der Waals surface area contributed by atoms with E-state index < -0.39 is 0 Å². The van der Waals surface area contributed by atoms with Crippen molar-refractivity contribution in [3.05, 3.63) is 76.7 Å². The summed E-state index contributed by atoms with van der Waals surface area (Å²) in [6.45, 7) is 4.15. The van der Waals surface area contributed by atoms with E-state index in [-0.39, 0.29) is 38.5 Å². The van der Waals surface area contributed by atoms with Gasteiger partial charge in [-0.25, -0.2) is 4.39 Å². The van der Waals surface area contributed by atoms with E-state index >= 15 is 0 Å². The van der Waals surface area contributed by atoms with Gasteiger partial charge in [0.1, 0.15) is 5.82 Å². The number of fused-ring (bicyclic) bond motifs is 1. The number of halogens is 1. The summed E-state index contributed by atoms with van der Waals surface area (Å²) in [5, 5.41) is 1.03. The van der Waals surface area contributed by atoms with Crippen LogP contribution in [-0.4, -0.2) is 4.98 Å². The Morgan fingerprint density at radius 3 is 2.52 bits per heavy atom. The molecular weight excluding hydrogens is 338 g/mol. The normalized spacial score (nSPS) is 10.4. The van der Waals surface area contributed by atoms with Crippen LogP contribution in [0.3, 0.4) is 0 Å². The van der Waals surface area contributed by atoms with E-state index in [0.29, 0.717) is 0 Å². The molecule has 2 aromatic carbocycles. The molecule has 0 atom stereocenters. The van der Waals surface area contributed by atoms with Crippen LogP contribution in [0, 0.1) is 25.7 Å². The second-order valence-electron chi connectivity index (χ2n) is 5.14. The van der Waals surface area contributed by atoms with Crippen LogP contribution in [0.5, 0.6) is 0 Å². The molecule has 103 valence electrons. The molecule has 3 rings (SSSR count). The van der Waals surface area contributed by atoms with Crippen molar-refractivity contribution in [1.82, 2.24) is 4.98 Å². The average Bonchev–Trinajstić information content (AvgIpc) is 2.46. The molecule has 0 spiro atoms. The van der Waals surface area contributed by atoms with E-state index in [1.807, 2.05) is 24.4 Å². The first-order valence-corrected chi connectivity index (χ1v) is 6.64. The van der Waals surface area contributed by atoms with Gasteiger partial charge in [0.05, 0.1) is 0 Å². The molecule has 1 radical (unpaired) electrons. The van der Waals surface area contributed by atoms with Crippen molar-refractivity contribution >= 4 is 10.9 Å². The third kappa shape index (κ3) is 3.56. The van der Waals surface area contributed by atoms with Crippen LogP contribution in [0.4, 0.5) is 4.39 Å². The Labute approximate surface area is 149 Å². The summed E-state index contributed by atoms with van der Waals surface area (Å²) in [5.41, 5.74) is 5.61. The maximum Gasteiger partial charge on any atom is 0.123 e. The van der Waals surface area contributed by atoms with Gasteiger partial charge in [-0.05, 0) is 29.6 Å². The summed E-state index contributed by atoms with van der Waals surface area (Å²) in [6, 6.07) is 14.0. The summed E-state index contributed by atoms with van der Waals surface area (Å²) >= 11 is 0. The van der Waals surface area contributed by atoms with E-state index in [9.17, 15) is 4.39 Å². The molecule has 0 aliphatic rings. The molecule has 1 aromatic heterocycles. The van der Waals surface area contributed by atoms with Crippen molar-refractivity contribution in [2.45, 2.75) is 20.3 Å². The largest absolute Gasteiger partial charge is 0.306 e. The fraction of sp³-hybridized carbons (Fsp3) is 0.167. The summed E-state index contributed by atoms with van der Waals surface area (Å²) in [5.74, 6) is -0.204. The van der Waals surface area contributed by atoms with Gasteiger partial charge in [0, 0.05) is 38.9 Å². The van der Waals surface area contributed by atoms with Crippen molar-refractivity contribution in [2.24, 2.45) is 0 Å². The van der Waals surface area contributed by atoms with Gasteiger partial charge in [-0.3, -0.25) is 0 Å². The second-order valence-corrected chi connectivity index (χ2v) is 5.14. The molecule has 0 amide bonds. The van der Waals surface area contributed by atoms with Gasteiger partial charge in [0.25, 0.3) is 0 Å². The molecular formula is C18H15FNY-. The number of aryl methyl sites for hydroxylation is 2. The Morgan fingerprint density at radius 1 is 1.10 bits per heavy atom. The Bertz CT molecular complexity index is 766. The summed E-state index contributed by atoms with van der Waals surface area (Å²) < 4.78 is 12.9. The average molecular weight is 353 g/mol. The van der Waals surface area contributed by atoms with Crippen LogP contribution >= 0.6 is 0 Å². The minimum absolute atomic E-state index is 0. The summed E-state index contributed by atoms with van der Waals surface area (Å²) in [7, 11) is 0. The van der Waals surface area contributed by atoms with Gasteiger partial charge < -0.3 is 4.98 Å². The first kappa shape index (κ1) is 16.3.